The van der Waals surface area contributed by atoms with Crippen molar-refractivity contribution in [1.82, 2.24) is 0 Å². The highest BCUT2D eigenvalue weighted by Crippen LogP contribution is 2.36. The van der Waals surface area contributed by atoms with Crippen molar-refractivity contribution in [3.05, 3.63) is 72.3 Å². The summed E-state index contributed by atoms with van der Waals surface area (Å²) in [6.45, 7) is 9.57. The van der Waals surface area contributed by atoms with E-state index in [-0.39, 0.29) is 11.6 Å². The summed E-state index contributed by atoms with van der Waals surface area (Å²) < 4.78 is 6.77. The topological polar surface area (TPSA) is 29.5 Å². The van der Waals surface area contributed by atoms with Crippen molar-refractivity contribution in [2.75, 3.05) is 13.2 Å². The Labute approximate surface area is 153 Å². The van der Waals surface area contributed by atoms with E-state index in [0.717, 1.165) is 12.0 Å². The molecule has 0 amide bonds. The maximum absolute atomic E-state index is 9.18. The monoisotopic (exact) mass is 354 g/mol. The minimum atomic E-state index is -2.42. The van der Waals surface area contributed by atoms with E-state index in [4.69, 9.17) is 4.43 Å². The lowest BCUT2D eigenvalue weighted by Gasteiger charge is -2.43. The van der Waals surface area contributed by atoms with Gasteiger partial charge >= 0.3 is 0 Å². The van der Waals surface area contributed by atoms with Gasteiger partial charge in [0, 0.05) is 6.61 Å². The SMILES string of the molecule is C/C(=C/CCO[Si](c1ccccc1)(c1ccccc1)C(C)(C)C)CO. The molecule has 134 valence electrons. The van der Waals surface area contributed by atoms with Gasteiger partial charge in [0.2, 0.25) is 0 Å². The van der Waals surface area contributed by atoms with Crippen molar-refractivity contribution in [3.63, 3.8) is 0 Å². The zero-order valence-electron chi connectivity index (χ0n) is 15.8. The molecule has 2 nitrogen and oxygen atoms in total. The second-order valence-corrected chi connectivity index (χ2v) is 11.8. The summed E-state index contributed by atoms with van der Waals surface area (Å²) in [5.74, 6) is 0. The highest BCUT2D eigenvalue weighted by molar-refractivity contribution is 6.99. The van der Waals surface area contributed by atoms with E-state index < -0.39 is 8.32 Å². The van der Waals surface area contributed by atoms with E-state index in [0.29, 0.717) is 6.61 Å². The van der Waals surface area contributed by atoms with Gasteiger partial charge in [-0.2, -0.15) is 0 Å². The Morgan fingerprint density at radius 2 is 1.44 bits per heavy atom. The summed E-state index contributed by atoms with van der Waals surface area (Å²) in [5.41, 5.74) is 0.992. The third-order valence-corrected chi connectivity index (χ3v) is 9.64. The Balaban J connectivity index is 2.46. The minimum absolute atomic E-state index is 0.00540. The third kappa shape index (κ3) is 4.49. The Hall–Kier alpha value is -1.68. The first kappa shape index (κ1) is 19.6. The average molecular weight is 355 g/mol. The van der Waals surface area contributed by atoms with Gasteiger partial charge in [-0.05, 0) is 28.8 Å². The molecule has 0 atom stereocenters. The van der Waals surface area contributed by atoms with Gasteiger partial charge in [-0.1, -0.05) is 93.1 Å². The molecule has 0 unspecified atom stereocenters. The maximum Gasteiger partial charge on any atom is 0.261 e. The summed E-state index contributed by atoms with van der Waals surface area (Å²) in [6, 6.07) is 21.4. The summed E-state index contributed by atoms with van der Waals surface area (Å²) in [6.07, 6.45) is 2.88. The van der Waals surface area contributed by atoms with Crippen LogP contribution >= 0.6 is 0 Å². The summed E-state index contributed by atoms with van der Waals surface area (Å²) >= 11 is 0. The van der Waals surface area contributed by atoms with E-state index in [2.05, 4.69) is 87.5 Å². The fourth-order valence-electron chi connectivity index (χ4n) is 3.34. The van der Waals surface area contributed by atoms with Crippen molar-refractivity contribution in [3.8, 4) is 0 Å². The molecule has 0 radical (unpaired) electrons. The summed E-state index contributed by atoms with van der Waals surface area (Å²) in [4.78, 5) is 0. The van der Waals surface area contributed by atoms with Crippen LogP contribution in [0.5, 0.6) is 0 Å². The molecule has 0 aliphatic heterocycles. The first-order valence-electron chi connectivity index (χ1n) is 8.93. The van der Waals surface area contributed by atoms with Crippen LogP contribution in [-0.4, -0.2) is 26.6 Å². The number of aliphatic hydroxyl groups excluding tert-OH is 1. The van der Waals surface area contributed by atoms with Gasteiger partial charge in [0.1, 0.15) is 0 Å². The van der Waals surface area contributed by atoms with Gasteiger partial charge < -0.3 is 9.53 Å². The Kier molecular flexibility index (Phi) is 6.76. The molecule has 0 bridgehead atoms. The van der Waals surface area contributed by atoms with Crippen LogP contribution in [0.1, 0.15) is 34.1 Å². The van der Waals surface area contributed by atoms with Gasteiger partial charge in [-0.25, -0.2) is 0 Å². The van der Waals surface area contributed by atoms with Gasteiger partial charge in [-0.15, -0.1) is 0 Å². The average Bonchev–Trinajstić information content (AvgIpc) is 2.62. The Bertz CT molecular complexity index is 633. The zero-order chi connectivity index (χ0) is 18.3. The molecule has 0 saturated heterocycles. The normalized spacial score (nSPS) is 13.1. The van der Waals surface area contributed by atoms with E-state index in [1.165, 1.54) is 10.4 Å². The Morgan fingerprint density at radius 1 is 0.960 bits per heavy atom. The summed E-state index contributed by atoms with van der Waals surface area (Å²) in [5, 5.41) is 11.8. The Morgan fingerprint density at radius 3 is 1.84 bits per heavy atom. The molecular weight excluding hydrogens is 324 g/mol. The van der Waals surface area contributed by atoms with Gasteiger partial charge in [0.15, 0.2) is 0 Å². The molecule has 2 aromatic rings. The van der Waals surface area contributed by atoms with Crippen LogP contribution in [0.4, 0.5) is 0 Å². The molecule has 0 fully saturated rings. The van der Waals surface area contributed by atoms with Crippen LogP contribution in [0.15, 0.2) is 72.3 Å². The number of hydrogen-bond acceptors (Lipinski definition) is 2. The molecule has 0 heterocycles. The molecule has 3 heteroatoms. The predicted octanol–water partition coefficient (Wildman–Crippen LogP) is 3.89. The minimum Gasteiger partial charge on any atom is -0.407 e. The zero-order valence-corrected chi connectivity index (χ0v) is 16.8. The molecule has 0 spiro atoms. The second-order valence-electron chi connectivity index (χ2n) is 7.51. The van der Waals surface area contributed by atoms with Crippen LogP contribution in [-0.2, 0) is 4.43 Å². The summed E-state index contributed by atoms with van der Waals surface area (Å²) in [7, 11) is -2.42. The van der Waals surface area contributed by atoms with E-state index in [1.54, 1.807) is 0 Å². The molecule has 2 rings (SSSR count). The lowest BCUT2D eigenvalue weighted by Crippen LogP contribution is -2.66. The van der Waals surface area contributed by atoms with Gasteiger partial charge in [0.05, 0.1) is 6.61 Å². The fourth-order valence-corrected chi connectivity index (χ4v) is 7.92. The van der Waals surface area contributed by atoms with Gasteiger partial charge in [0.25, 0.3) is 8.32 Å². The highest BCUT2D eigenvalue weighted by Gasteiger charge is 2.49. The van der Waals surface area contributed by atoms with E-state index in [1.807, 2.05) is 6.92 Å². The first-order chi connectivity index (χ1) is 11.9. The van der Waals surface area contributed by atoms with Crippen molar-refractivity contribution in [2.45, 2.75) is 39.2 Å². The smallest absolute Gasteiger partial charge is 0.261 e. The maximum atomic E-state index is 9.18. The largest absolute Gasteiger partial charge is 0.407 e. The number of rotatable bonds is 7. The van der Waals surface area contributed by atoms with Crippen LogP contribution in [0.25, 0.3) is 0 Å². The van der Waals surface area contributed by atoms with Crippen LogP contribution in [0.2, 0.25) is 5.04 Å². The third-order valence-electron chi connectivity index (χ3n) is 4.60. The van der Waals surface area contributed by atoms with Crippen molar-refractivity contribution in [1.29, 1.82) is 0 Å². The van der Waals surface area contributed by atoms with Crippen LogP contribution in [0, 0.1) is 0 Å². The lowest BCUT2D eigenvalue weighted by atomic mass is 10.2. The fraction of sp³-hybridized carbons (Fsp3) is 0.364. The number of hydrogen-bond donors (Lipinski definition) is 1. The second kappa shape index (κ2) is 8.61. The number of aliphatic hydroxyl groups is 1. The first-order valence-corrected chi connectivity index (χ1v) is 10.8. The van der Waals surface area contributed by atoms with Crippen molar-refractivity contribution in [2.24, 2.45) is 0 Å². The highest BCUT2D eigenvalue weighted by atomic mass is 28.4. The molecule has 0 aliphatic carbocycles. The lowest BCUT2D eigenvalue weighted by molar-refractivity contribution is 0.302. The van der Waals surface area contributed by atoms with Crippen molar-refractivity contribution >= 4 is 18.7 Å². The van der Waals surface area contributed by atoms with Crippen LogP contribution in [0.3, 0.4) is 0 Å². The quantitative estimate of drug-likeness (QED) is 0.464. The molecule has 0 saturated carbocycles. The van der Waals surface area contributed by atoms with Gasteiger partial charge in [-0.3, -0.25) is 0 Å². The molecule has 1 N–H and O–H groups in total. The molecule has 25 heavy (non-hydrogen) atoms. The molecule has 0 aliphatic rings. The van der Waals surface area contributed by atoms with Crippen molar-refractivity contribution < 1.29 is 9.53 Å². The molecule has 2 aromatic carbocycles. The number of benzene rings is 2. The predicted molar refractivity (Wildman–Crippen MR) is 109 cm³/mol. The van der Waals surface area contributed by atoms with E-state index in [9.17, 15) is 5.11 Å². The molecule has 0 aromatic heterocycles. The van der Waals surface area contributed by atoms with Crippen LogP contribution < -0.4 is 10.4 Å². The molecular formula is C22H30O2Si. The standard InChI is InChI=1S/C22H30O2Si/c1-19(18-23)12-11-17-24-25(22(2,3)4,20-13-7-5-8-14-20)21-15-9-6-10-16-21/h5-10,12-16,23H,11,17-18H2,1-4H3/b19-12-. The van der Waals surface area contributed by atoms with E-state index >= 15 is 0 Å².